The van der Waals surface area contributed by atoms with E-state index in [1.165, 1.54) is 11.1 Å². The molecule has 3 aliphatic heterocycles. The second-order valence-corrected chi connectivity index (χ2v) is 7.26. The Morgan fingerprint density at radius 1 is 1.03 bits per heavy atom. The largest absolute Gasteiger partial charge is 0.491 e. The second kappa shape index (κ2) is 5.53. The number of hydrogen-bond acceptors (Lipinski definition) is 5. The molecule has 154 valence electrons. The summed E-state index contributed by atoms with van der Waals surface area (Å²) in [6.45, 7) is -0.00351. The van der Waals surface area contributed by atoms with Crippen LogP contribution in [0.1, 0.15) is 22.8 Å². The molecule has 0 aliphatic carbocycles. The first-order valence-corrected chi connectivity index (χ1v) is 9.11. The third-order valence-electron chi connectivity index (χ3n) is 5.65. The van der Waals surface area contributed by atoms with Gasteiger partial charge in [0.25, 0.3) is 5.91 Å². The van der Waals surface area contributed by atoms with Gasteiger partial charge in [0.05, 0.1) is 5.69 Å². The van der Waals surface area contributed by atoms with E-state index in [2.05, 4.69) is 0 Å². The normalized spacial score (nSPS) is 21.3. The number of halogens is 3. The molecular weight excluding hydrogens is 405 g/mol. The lowest BCUT2D eigenvalue weighted by molar-refractivity contribution is -0.153. The van der Waals surface area contributed by atoms with E-state index in [0.29, 0.717) is 28.5 Å². The first-order valence-electron chi connectivity index (χ1n) is 9.11. The van der Waals surface area contributed by atoms with Crippen molar-refractivity contribution in [3.63, 3.8) is 0 Å². The summed E-state index contributed by atoms with van der Waals surface area (Å²) in [6.07, 6.45) is -2.91. The molecule has 1 aromatic carbocycles. The minimum absolute atomic E-state index is 0.0252. The molecule has 0 saturated carbocycles. The van der Waals surface area contributed by atoms with E-state index in [0.717, 1.165) is 6.07 Å². The number of benzene rings is 1. The van der Waals surface area contributed by atoms with E-state index in [4.69, 9.17) is 18.6 Å². The Kier molecular flexibility index (Phi) is 3.19. The number of furan rings is 1. The summed E-state index contributed by atoms with van der Waals surface area (Å²) < 4.78 is 61.9. The topological polar surface area (TPSA) is 66.1 Å². The Morgan fingerprint density at radius 2 is 1.83 bits per heavy atom. The molecular formula is C20H13F3N2O5. The van der Waals surface area contributed by atoms with Crippen LogP contribution in [0.15, 0.2) is 47.0 Å². The Morgan fingerprint density at radius 3 is 2.60 bits per heavy atom. The molecule has 1 atom stereocenters. The zero-order chi connectivity index (χ0) is 20.7. The smallest absolute Gasteiger partial charge is 0.449 e. The van der Waals surface area contributed by atoms with Crippen molar-refractivity contribution >= 4 is 5.91 Å². The standard InChI is InChI=1S/C20H13F3N2O5/c21-20(22,23)17-4-3-11(30-17)8-25-18(26)19(16-2-1-5-24(16)25)9-27-13-7-15-14(6-12(13)19)28-10-29-15/h1-7H,8-10H2. The van der Waals surface area contributed by atoms with Gasteiger partial charge in [-0.25, -0.2) is 5.01 Å². The van der Waals surface area contributed by atoms with Crippen LogP contribution in [-0.2, 0) is 22.9 Å². The number of aromatic nitrogens is 1. The van der Waals surface area contributed by atoms with Crippen molar-refractivity contribution in [2.75, 3.05) is 18.4 Å². The molecule has 3 aromatic rings. The molecule has 3 aliphatic rings. The second-order valence-electron chi connectivity index (χ2n) is 7.26. The van der Waals surface area contributed by atoms with Crippen LogP contribution in [0, 0.1) is 0 Å². The number of nitrogens with zero attached hydrogens (tertiary/aromatic N) is 2. The number of alkyl halides is 3. The predicted molar refractivity (Wildman–Crippen MR) is 93.9 cm³/mol. The van der Waals surface area contributed by atoms with Crippen LogP contribution in [0.4, 0.5) is 13.2 Å². The lowest BCUT2D eigenvalue weighted by Crippen LogP contribution is -2.43. The van der Waals surface area contributed by atoms with Gasteiger partial charge >= 0.3 is 6.18 Å². The SMILES string of the molecule is O=C1N(Cc2ccc(C(F)(F)F)o2)n2cccc2C12COc1cc3c(cc12)OCO3. The molecule has 2 aromatic heterocycles. The van der Waals surface area contributed by atoms with Gasteiger partial charge in [0.2, 0.25) is 12.6 Å². The maximum absolute atomic E-state index is 13.6. The maximum Gasteiger partial charge on any atom is 0.449 e. The van der Waals surface area contributed by atoms with Crippen molar-refractivity contribution in [1.82, 2.24) is 4.68 Å². The third kappa shape index (κ3) is 2.13. The van der Waals surface area contributed by atoms with Crippen LogP contribution >= 0.6 is 0 Å². The average Bonchev–Trinajstić information content (AvgIpc) is 3.49. The molecule has 0 N–H and O–H groups in total. The van der Waals surface area contributed by atoms with E-state index in [9.17, 15) is 18.0 Å². The predicted octanol–water partition coefficient (Wildman–Crippen LogP) is 3.19. The number of carbonyl (C=O) groups excluding carboxylic acids is 1. The fourth-order valence-corrected chi connectivity index (χ4v) is 4.29. The summed E-state index contributed by atoms with van der Waals surface area (Å²) in [4.78, 5) is 13.6. The van der Waals surface area contributed by atoms with Crippen LogP contribution in [0.5, 0.6) is 17.2 Å². The van der Waals surface area contributed by atoms with Crippen molar-refractivity contribution in [3.8, 4) is 17.2 Å². The Hall–Kier alpha value is -3.56. The van der Waals surface area contributed by atoms with Crippen molar-refractivity contribution < 1.29 is 36.6 Å². The third-order valence-corrected chi connectivity index (χ3v) is 5.65. The summed E-state index contributed by atoms with van der Waals surface area (Å²) in [5.41, 5.74) is 0.168. The first kappa shape index (κ1) is 17.3. The zero-order valence-corrected chi connectivity index (χ0v) is 15.2. The van der Waals surface area contributed by atoms with Crippen molar-refractivity contribution in [2.45, 2.75) is 18.1 Å². The summed E-state index contributed by atoms with van der Waals surface area (Å²) >= 11 is 0. The summed E-state index contributed by atoms with van der Waals surface area (Å²) in [6, 6.07) is 9.07. The van der Waals surface area contributed by atoms with Gasteiger partial charge in [-0.15, -0.1) is 0 Å². The highest BCUT2D eigenvalue weighted by molar-refractivity contribution is 6.03. The van der Waals surface area contributed by atoms with Gasteiger partial charge in [-0.3, -0.25) is 9.47 Å². The molecule has 1 unspecified atom stereocenters. The number of hydrogen-bond donors (Lipinski definition) is 0. The molecule has 0 bridgehead atoms. The van der Waals surface area contributed by atoms with E-state index < -0.39 is 17.4 Å². The van der Waals surface area contributed by atoms with Crippen LogP contribution in [-0.4, -0.2) is 24.0 Å². The fraction of sp³-hybridized carbons (Fsp3) is 0.250. The zero-order valence-electron chi connectivity index (χ0n) is 15.2. The summed E-state index contributed by atoms with van der Waals surface area (Å²) in [5, 5.41) is 1.36. The van der Waals surface area contributed by atoms with E-state index in [1.54, 1.807) is 35.1 Å². The van der Waals surface area contributed by atoms with Gasteiger partial charge in [0, 0.05) is 17.8 Å². The Balaban J connectivity index is 1.42. The molecule has 0 saturated heterocycles. The molecule has 1 amide bonds. The number of amides is 1. The minimum Gasteiger partial charge on any atom is -0.491 e. The lowest BCUT2D eigenvalue weighted by atomic mass is 9.79. The molecule has 7 nitrogen and oxygen atoms in total. The van der Waals surface area contributed by atoms with Gasteiger partial charge in [-0.05, 0) is 30.3 Å². The molecule has 0 radical (unpaired) electrons. The van der Waals surface area contributed by atoms with E-state index >= 15 is 0 Å². The van der Waals surface area contributed by atoms with Gasteiger partial charge in [-0.2, -0.15) is 13.2 Å². The van der Waals surface area contributed by atoms with Crippen molar-refractivity contribution in [3.05, 3.63) is 65.4 Å². The minimum atomic E-state index is -4.59. The molecule has 10 heteroatoms. The fourth-order valence-electron chi connectivity index (χ4n) is 4.29. The summed E-state index contributed by atoms with van der Waals surface area (Å²) in [5.74, 6) is 0.175. The average molecular weight is 418 g/mol. The quantitative estimate of drug-likeness (QED) is 0.640. The van der Waals surface area contributed by atoms with Crippen LogP contribution in [0.25, 0.3) is 0 Å². The Labute approximate surface area is 167 Å². The van der Waals surface area contributed by atoms with Crippen molar-refractivity contribution in [1.29, 1.82) is 0 Å². The molecule has 5 heterocycles. The van der Waals surface area contributed by atoms with Crippen molar-refractivity contribution in [2.24, 2.45) is 0 Å². The molecule has 30 heavy (non-hydrogen) atoms. The van der Waals surface area contributed by atoms with Crippen LogP contribution < -0.4 is 19.2 Å². The molecule has 1 spiro atoms. The first-order chi connectivity index (χ1) is 14.4. The highest BCUT2D eigenvalue weighted by Crippen LogP contribution is 2.52. The lowest BCUT2D eigenvalue weighted by Gasteiger charge is -2.21. The Bertz CT molecular complexity index is 1200. The van der Waals surface area contributed by atoms with E-state index in [1.807, 2.05) is 0 Å². The molecule has 0 fully saturated rings. The number of carbonyl (C=O) groups is 1. The van der Waals surface area contributed by atoms with Gasteiger partial charge < -0.3 is 18.6 Å². The monoisotopic (exact) mass is 418 g/mol. The van der Waals surface area contributed by atoms with Gasteiger partial charge in [0.15, 0.2) is 16.9 Å². The maximum atomic E-state index is 13.6. The number of ether oxygens (including phenoxy) is 3. The van der Waals surface area contributed by atoms with E-state index in [-0.39, 0.29) is 31.6 Å². The number of rotatable bonds is 2. The van der Waals surface area contributed by atoms with Gasteiger partial charge in [-0.1, -0.05) is 0 Å². The molecule has 6 rings (SSSR count). The number of fused-ring (bicyclic) bond motifs is 5. The van der Waals surface area contributed by atoms with Crippen LogP contribution in [0.3, 0.4) is 0 Å². The highest BCUT2D eigenvalue weighted by atomic mass is 19.4. The van der Waals surface area contributed by atoms with Gasteiger partial charge in [0.1, 0.15) is 24.7 Å². The van der Waals surface area contributed by atoms with Crippen LogP contribution in [0.2, 0.25) is 0 Å². The highest BCUT2D eigenvalue weighted by Gasteiger charge is 2.58. The summed E-state index contributed by atoms with van der Waals surface area (Å²) in [7, 11) is 0.